The molecule has 210 valence electrons. The van der Waals surface area contributed by atoms with Crippen LogP contribution in [0.4, 0.5) is 0 Å². The molecule has 6 aromatic carbocycles. The molecule has 0 unspecified atom stereocenters. The average Bonchev–Trinajstić information content (AvgIpc) is 3.50. The fraction of sp³-hybridized carbons (Fsp3) is 0. The Morgan fingerprint density at radius 3 is 1.60 bits per heavy atom. The molecule has 0 saturated carbocycles. The summed E-state index contributed by atoms with van der Waals surface area (Å²) in [6.45, 7) is 0. The minimum absolute atomic E-state index is 0.612. The highest BCUT2D eigenvalue weighted by molar-refractivity contribution is 6.24. The number of furan rings is 1. The Kier molecular flexibility index (Phi) is 5.74. The Balaban J connectivity index is 1.28. The van der Waals surface area contributed by atoms with Crippen LogP contribution >= 0.6 is 0 Å². The van der Waals surface area contributed by atoms with E-state index in [1.807, 2.05) is 97.1 Å². The van der Waals surface area contributed by atoms with Crippen molar-refractivity contribution in [2.45, 2.75) is 0 Å². The molecule has 0 saturated heterocycles. The summed E-state index contributed by atoms with van der Waals surface area (Å²) < 4.78 is 6.66. The number of para-hydroxylation sites is 1. The number of hydrogen-bond acceptors (Lipinski definition) is 5. The molecule has 0 aliphatic carbocycles. The molecule has 3 aromatic heterocycles. The summed E-state index contributed by atoms with van der Waals surface area (Å²) in [7, 11) is 0. The van der Waals surface area contributed by atoms with Crippen molar-refractivity contribution in [2.75, 3.05) is 0 Å². The van der Waals surface area contributed by atoms with Gasteiger partial charge in [0.1, 0.15) is 11.2 Å². The maximum Gasteiger partial charge on any atom is 0.164 e. The number of fused-ring (bicyclic) bond motifs is 7. The van der Waals surface area contributed by atoms with Gasteiger partial charge in [-0.2, -0.15) is 0 Å². The second kappa shape index (κ2) is 10.2. The number of aromatic nitrogens is 4. The van der Waals surface area contributed by atoms with Crippen molar-refractivity contribution in [1.82, 2.24) is 19.9 Å². The highest BCUT2D eigenvalue weighted by Crippen LogP contribution is 2.41. The predicted molar refractivity (Wildman–Crippen MR) is 182 cm³/mol. The number of pyridine rings is 1. The Morgan fingerprint density at radius 2 is 0.933 bits per heavy atom. The van der Waals surface area contributed by atoms with Gasteiger partial charge in [0.2, 0.25) is 0 Å². The van der Waals surface area contributed by atoms with Crippen molar-refractivity contribution in [3.8, 4) is 45.4 Å². The predicted octanol–water partition coefficient (Wildman–Crippen LogP) is 10.1. The van der Waals surface area contributed by atoms with E-state index in [4.69, 9.17) is 24.4 Å². The average molecular weight is 577 g/mol. The van der Waals surface area contributed by atoms with Crippen molar-refractivity contribution < 1.29 is 4.42 Å². The summed E-state index contributed by atoms with van der Waals surface area (Å²) in [6, 6.07) is 49.2. The maximum atomic E-state index is 6.66. The lowest BCUT2D eigenvalue weighted by Crippen LogP contribution is -2.00. The molecule has 5 nitrogen and oxygen atoms in total. The van der Waals surface area contributed by atoms with Gasteiger partial charge < -0.3 is 4.42 Å². The highest BCUT2D eigenvalue weighted by atomic mass is 16.3. The van der Waals surface area contributed by atoms with E-state index in [2.05, 4.69) is 48.5 Å². The van der Waals surface area contributed by atoms with Gasteiger partial charge in [-0.25, -0.2) is 19.9 Å². The number of benzene rings is 6. The zero-order valence-corrected chi connectivity index (χ0v) is 24.1. The summed E-state index contributed by atoms with van der Waals surface area (Å²) in [4.78, 5) is 19.8. The topological polar surface area (TPSA) is 64.7 Å². The third kappa shape index (κ3) is 4.25. The van der Waals surface area contributed by atoms with Gasteiger partial charge in [0, 0.05) is 49.2 Å². The van der Waals surface area contributed by atoms with Gasteiger partial charge in [-0.15, -0.1) is 0 Å². The fourth-order valence-corrected chi connectivity index (χ4v) is 6.16. The van der Waals surface area contributed by atoms with Crippen molar-refractivity contribution in [2.24, 2.45) is 0 Å². The third-order valence-corrected chi connectivity index (χ3v) is 8.31. The molecule has 0 aliphatic rings. The van der Waals surface area contributed by atoms with E-state index in [1.54, 1.807) is 0 Å². The molecule has 0 amide bonds. The minimum Gasteiger partial charge on any atom is -0.455 e. The molecule has 0 bridgehead atoms. The Morgan fingerprint density at radius 1 is 0.378 bits per heavy atom. The molecule has 0 spiro atoms. The molecule has 5 heteroatoms. The first kappa shape index (κ1) is 25.3. The van der Waals surface area contributed by atoms with Gasteiger partial charge in [0.25, 0.3) is 0 Å². The lowest BCUT2D eigenvalue weighted by Gasteiger charge is -2.10. The molecule has 0 aliphatic heterocycles. The lowest BCUT2D eigenvalue weighted by molar-refractivity contribution is 0.673. The van der Waals surface area contributed by atoms with Crippen LogP contribution in [0.1, 0.15) is 0 Å². The third-order valence-electron chi connectivity index (χ3n) is 8.31. The van der Waals surface area contributed by atoms with Crippen LogP contribution in [0.15, 0.2) is 150 Å². The molecular formula is C40H24N4O. The van der Waals surface area contributed by atoms with E-state index in [1.165, 1.54) is 0 Å². The smallest absolute Gasteiger partial charge is 0.164 e. The normalized spacial score (nSPS) is 11.6. The number of rotatable bonds is 4. The quantitative estimate of drug-likeness (QED) is 0.195. The number of nitrogens with zero attached hydrogens (tertiary/aromatic N) is 4. The monoisotopic (exact) mass is 576 g/mol. The summed E-state index contributed by atoms with van der Waals surface area (Å²) >= 11 is 0. The van der Waals surface area contributed by atoms with Crippen LogP contribution in [0, 0.1) is 0 Å². The summed E-state index contributed by atoms with van der Waals surface area (Å²) in [5.41, 5.74) is 7.38. The zero-order chi connectivity index (χ0) is 29.7. The summed E-state index contributed by atoms with van der Waals surface area (Å²) in [5.74, 6) is 1.88. The van der Waals surface area contributed by atoms with Crippen molar-refractivity contribution in [1.29, 1.82) is 0 Å². The van der Waals surface area contributed by atoms with Gasteiger partial charge in [-0.3, -0.25) is 0 Å². The minimum atomic E-state index is 0.612. The van der Waals surface area contributed by atoms with E-state index in [-0.39, 0.29) is 0 Å². The van der Waals surface area contributed by atoms with Gasteiger partial charge >= 0.3 is 0 Å². The van der Waals surface area contributed by atoms with Crippen molar-refractivity contribution >= 4 is 43.6 Å². The molecule has 3 heterocycles. The van der Waals surface area contributed by atoms with Crippen LogP contribution in [-0.2, 0) is 0 Å². The first-order valence-corrected chi connectivity index (χ1v) is 14.9. The molecule has 0 N–H and O–H groups in total. The van der Waals surface area contributed by atoms with E-state index in [0.29, 0.717) is 17.5 Å². The van der Waals surface area contributed by atoms with E-state index in [0.717, 1.165) is 71.6 Å². The first-order valence-electron chi connectivity index (χ1n) is 14.9. The number of hydrogen-bond donors (Lipinski definition) is 0. The summed E-state index contributed by atoms with van der Waals surface area (Å²) in [6.07, 6.45) is 0. The van der Waals surface area contributed by atoms with Gasteiger partial charge in [-0.1, -0.05) is 115 Å². The Labute approximate surface area is 258 Å². The molecule has 0 radical (unpaired) electrons. The van der Waals surface area contributed by atoms with Gasteiger partial charge in [-0.05, 0) is 30.3 Å². The van der Waals surface area contributed by atoms with Crippen LogP contribution in [-0.4, -0.2) is 19.9 Å². The first-order chi connectivity index (χ1) is 22.3. The fourth-order valence-electron chi connectivity index (χ4n) is 6.16. The largest absolute Gasteiger partial charge is 0.455 e. The lowest BCUT2D eigenvalue weighted by atomic mass is 9.97. The second-order valence-electron chi connectivity index (χ2n) is 11.1. The van der Waals surface area contributed by atoms with E-state index in [9.17, 15) is 0 Å². The van der Waals surface area contributed by atoms with E-state index >= 15 is 0 Å². The molecule has 0 fully saturated rings. The van der Waals surface area contributed by atoms with Crippen molar-refractivity contribution in [3.05, 3.63) is 146 Å². The zero-order valence-electron chi connectivity index (χ0n) is 24.1. The van der Waals surface area contributed by atoms with Gasteiger partial charge in [0.05, 0.1) is 11.2 Å². The second-order valence-corrected chi connectivity index (χ2v) is 11.1. The van der Waals surface area contributed by atoms with E-state index < -0.39 is 0 Å². The summed E-state index contributed by atoms with van der Waals surface area (Å²) in [5, 5.41) is 5.23. The van der Waals surface area contributed by atoms with Crippen LogP contribution < -0.4 is 0 Å². The Bertz CT molecular complexity index is 2470. The molecule has 9 aromatic rings. The van der Waals surface area contributed by atoms with Crippen LogP contribution in [0.3, 0.4) is 0 Å². The molecular weight excluding hydrogens is 552 g/mol. The van der Waals surface area contributed by atoms with Crippen LogP contribution in [0.25, 0.3) is 89.0 Å². The SMILES string of the molecule is c1ccc(-c2nc(-c3ccccc3)nc(-c3ccc4oc5c(ccc6c(-c7ccccc7)nc7ccccc7c65)c4c3)n2)cc1. The van der Waals surface area contributed by atoms with Crippen molar-refractivity contribution in [3.63, 3.8) is 0 Å². The van der Waals surface area contributed by atoms with Crippen LogP contribution in [0.5, 0.6) is 0 Å². The molecule has 9 rings (SSSR count). The maximum absolute atomic E-state index is 6.66. The van der Waals surface area contributed by atoms with Crippen LogP contribution in [0.2, 0.25) is 0 Å². The molecule has 45 heavy (non-hydrogen) atoms. The van der Waals surface area contributed by atoms with Gasteiger partial charge in [0.15, 0.2) is 17.5 Å². The highest BCUT2D eigenvalue weighted by Gasteiger charge is 2.19. The Hall–Kier alpha value is -6.20. The molecule has 0 atom stereocenters. The standard InChI is InChI=1S/C40H24N4O/c1-4-12-25(13-5-1)36-31-22-21-29-32-24-28(20-23-34(32)45-37(29)35(31)30-18-10-11-19-33(30)41-36)40-43-38(26-14-6-2-7-15-26)42-39(44-40)27-16-8-3-9-17-27/h1-24H.